The van der Waals surface area contributed by atoms with E-state index in [9.17, 15) is 9.59 Å². The molecule has 2 heteroatoms. The predicted octanol–water partition coefficient (Wildman–Crippen LogP) is 2.83. The molecule has 0 bridgehead atoms. The van der Waals surface area contributed by atoms with Gasteiger partial charge in [0.05, 0.1) is 5.92 Å². The molecule has 2 nitrogen and oxygen atoms in total. The summed E-state index contributed by atoms with van der Waals surface area (Å²) in [5.74, 6) is -0.850. The van der Waals surface area contributed by atoms with Gasteiger partial charge in [-0.15, -0.1) is 6.58 Å². The Morgan fingerprint density at radius 1 is 1.18 bits per heavy atom. The molecule has 0 saturated heterocycles. The minimum atomic E-state index is -0.562. The second kappa shape index (κ2) is 6.14. The van der Waals surface area contributed by atoms with Gasteiger partial charge in [-0.3, -0.25) is 9.59 Å². The number of hydrogen-bond donors (Lipinski definition) is 0. The summed E-state index contributed by atoms with van der Waals surface area (Å²) in [6.07, 6.45) is 2.38. The first-order valence-electron chi connectivity index (χ1n) is 5.73. The fourth-order valence-corrected chi connectivity index (χ4v) is 2.11. The Morgan fingerprint density at radius 3 is 2.12 bits per heavy atom. The molecule has 1 aromatic rings. The molecular weight excluding hydrogens is 212 g/mol. The summed E-state index contributed by atoms with van der Waals surface area (Å²) < 4.78 is 0. The fourth-order valence-electron chi connectivity index (χ4n) is 2.11. The number of hydrogen-bond acceptors (Lipinski definition) is 2. The zero-order chi connectivity index (χ0) is 12.8. The van der Waals surface area contributed by atoms with Crippen LogP contribution in [-0.4, -0.2) is 11.6 Å². The van der Waals surface area contributed by atoms with E-state index in [1.807, 2.05) is 30.3 Å². The van der Waals surface area contributed by atoms with Gasteiger partial charge >= 0.3 is 0 Å². The summed E-state index contributed by atoms with van der Waals surface area (Å²) in [5, 5.41) is 0. The van der Waals surface area contributed by atoms with Crippen molar-refractivity contribution in [2.24, 2.45) is 11.8 Å². The molecule has 0 aliphatic heterocycles. The molecule has 1 rings (SSSR count). The Kier molecular flexibility index (Phi) is 4.83. The second-order valence-electron chi connectivity index (χ2n) is 4.29. The van der Waals surface area contributed by atoms with Gasteiger partial charge in [-0.25, -0.2) is 0 Å². The molecule has 0 aliphatic rings. The monoisotopic (exact) mass is 230 g/mol. The summed E-state index contributed by atoms with van der Waals surface area (Å²) in [7, 11) is 0. The third-order valence-electron chi connectivity index (χ3n) is 2.92. The molecule has 90 valence electrons. The van der Waals surface area contributed by atoms with Crippen molar-refractivity contribution >= 4 is 11.6 Å². The van der Waals surface area contributed by atoms with Crippen molar-refractivity contribution in [3.05, 3.63) is 48.6 Å². The van der Waals surface area contributed by atoms with E-state index in [0.29, 0.717) is 6.42 Å². The zero-order valence-electron chi connectivity index (χ0n) is 10.3. The van der Waals surface area contributed by atoms with Crippen LogP contribution in [0.15, 0.2) is 43.0 Å². The first-order chi connectivity index (χ1) is 8.06. The first kappa shape index (κ1) is 13.4. The van der Waals surface area contributed by atoms with E-state index in [1.54, 1.807) is 6.08 Å². The Labute approximate surface area is 102 Å². The molecule has 17 heavy (non-hydrogen) atoms. The lowest BCUT2D eigenvalue weighted by Crippen LogP contribution is -2.28. The topological polar surface area (TPSA) is 34.1 Å². The number of ketones is 2. The van der Waals surface area contributed by atoms with Crippen LogP contribution in [0.5, 0.6) is 0 Å². The van der Waals surface area contributed by atoms with Gasteiger partial charge in [0.15, 0.2) is 0 Å². The van der Waals surface area contributed by atoms with Gasteiger partial charge in [-0.1, -0.05) is 36.4 Å². The van der Waals surface area contributed by atoms with Crippen LogP contribution in [0.1, 0.15) is 19.4 Å². The predicted molar refractivity (Wildman–Crippen MR) is 68.7 cm³/mol. The molecule has 0 saturated carbocycles. The minimum Gasteiger partial charge on any atom is -0.299 e. The largest absolute Gasteiger partial charge is 0.299 e. The van der Waals surface area contributed by atoms with Crippen molar-refractivity contribution < 1.29 is 9.59 Å². The summed E-state index contributed by atoms with van der Waals surface area (Å²) in [6.45, 7) is 6.67. The molecule has 0 heterocycles. The van der Waals surface area contributed by atoms with Gasteiger partial charge in [-0.2, -0.15) is 0 Å². The Morgan fingerprint density at radius 2 is 1.71 bits per heavy atom. The summed E-state index contributed by atoms with van der Waals surface area (Å²) in [6, 6.07) is 9.83. The van der Waals surface area contributed by atoms with Crippen LogP contribution in [0.4, 0.5) is 0 Å². The van der Waals surface area contributed by atoms with Gasteiger partial charge in [0.2, 0.25) is 0 Å². The average molecular weight is 230 g/mol. The van der Waals surface area contributed by atoms with E-state index < -0.39 is 5.92 Å². The molecular formula is C15H18O2. The van der Waals surface area contributed by atoms with Crippen LogP contribution in [0.25, 0.3) is 0 Å². The number of carbonyl (C=O) groups is 2. The molecule has 1 aromatic carbocycles. The van der Waals surface area contributed by atoms with Crippen molar-refractivity contribution in [3.63, 3.8) is 0 Å². The highest BCUT2D eigenvalue weighted by Gasteiger charge is 2.27. The van der Waals surface area contributed by atoms with Gasteiger partial charge < -0.3 is 0 Å². The van der Waals surface area contributed by atoms with Gasteiger partial charge in [-0.05, 0) is 31.7 Å². The lowest BCUT2D eigenvalue weighted by molar-refractivity contribution is -0.131. The first-order valence-corrected chi connectivity index (χ1v) is 5.73. The molecule has 0 aliphatic carbocycles. The smallest absolute Gasteiger partial charge is 0.140 e. The second-order valence-corrected chi connectivity index (χ2v) is 4.29. The summed E-state index contributed by atoms with van der Waals surface area (Å²) in [4.78, 5) is 23.0. The van der Waals surface area contributed by atoms with Crippen LogP contribution in [0.2, 0.25) is 0 Å². The maximum Gasteiger partial charge on any atom is 0.140 e. The maximum absolute atomic E-state index is 11.5. The van der Waals surface area contributed by atoms with E-state index in [-0.39, 0.29) is 17.5 Å². The Bertz CT molecular complexity index is 392. The lowest BCUT2D eigenvalue weighted by atomic mass is 9.82. The molecule has 0 spiro atoms. The molecule has 0 N–H and O–H groups in total. The quantitative estimate of drug-likeness (QED) is 0.556. The van der Waals surface area contributed by atoms with Gasteiger partial charge in [0.1, 0.15) is 11.6 Å². The van der Waals surface area contributed by atoms with E-state index in [2.05, 4.69) is 6.58 Å². The van der Waals surface area contributed by atoms with Crippen LogP contribution in [0, 0.1) is 11.8 Å². The molecule has 0 aromatic heterocycles. The van der Waals surface area contributed by atoms with Crippen molar-refractivity contribution in [1.82, 2.24) is 0 Å². The standard InChI is InChI=1S/C15H18O2/c1-4-14(15(11(2)16)12(3)17)10-13-8-6-5-7-9-13/h4-9,14-15H,1,10H2,2-3H3. The average Bonchev–Trinajstić information content (AvgIpc) is 2.28. The van der Waals surface area contributed by atoms with E-state index >= 15 is 0 Å². The molecule has 1 unspecified atom stereocenters. The number of benzene rings is 1. The molecule has 0 amide bonds. The lowest BCUT2D eigenvalue weighted by Gasteiger charge is -2.19. The van der Waals surface area contributed by atoms with Crippen LogP contribution in [-0.2, 0) is 16.0 Å². The third kappa shape index (κ3) is 3.66. The van der Waals surface area contributed by atoms with Crippen molar-refractivity contribution in [2.75, 3.05) is 0 Å². The fraction of sp³-hybridized carbons (Fsp3) is 0.333. The number of carbonyl (C=O) groups excluding carboxylic acids is 2. The van der Waals surface area contributed by atoms with Crippen LogP contribution in [0.3, 0.4) is 0 Å². The normalized spacial score (nSPS) is 12.2. The number of allylic oxidation sites excluding steroid dienone is 1. The zero-order valence-corrected chi connectivity index (χ0v) is 10.3. The maximum atomic E-state index is 11.5. The molecule has 0 fully saturated rings. The Balaban J connectivity index is 2.87. The van der Waals surface area contributed by atoms with Crippen LogP contribution >= 0.6 is 0 Å². The molecule has 1 atom stereocenters. The van der Waals surface area contributed by atoms with Gasteiger partial charge in [0.25, 0.3) is 0 Å². The van der Waals surface area contributed by atoms with Crippen molar-refractivity contribution in [2.45, 2.75) is 20.3 Å². The summed E-state index contributed by atoms with van der Waals surface area (Å²) >= 11 is 0. The minimum absolute atomic E-state index is 0.0849. The van der Waals surface area contributed by atoms with E-state index in [0.717, 1.165) is 5.56 Å². The van der Waals surface area contributed by atoms with Crippen molar-refractivity contribution in [1.29, 1.82) is 0 Å². The number of rotatable bonds is 6. The van der Waals surface area contributed by atoms with E-state index in [4.69, 9.17) is 0 Å². The van der Waals surface area contributed by atoms with Gasteiger partial charge in [0, 0.05) is 0 Å². The summed E-state index contributed by atoms with van der Waals surface area (Å²) in [5.41, 5.74) is 1.12. The molecule has 0 radical (unpaired) electrons. The highest BCUT2D eigenvalue weighted by atomic mass is 16.1. The van der Waals surface area contributed by atoms with E-state index in [1.165, 1.54) is 13.8 Å². The Hall–Kier alpha value is -1.70. The third-order valence-corrected chi connectivity index (χ3v) is 2.92. The highest BCUT2D eigenvalue weighted by molar-refractivity contribution is 6.00. The number of Topliss-reactive ketones (excluding diaryl/α,β-unsaturated/α-hetero) is 2. The SMILES string of the molecule is C=CC(Cc1ccccc1)C(C(C)=O)C(C)=O. The van der Waals surface area contributed by atoms with Crippen molar-refractivity contribution in [3.8, 4) is 0 Å². The van der Waals surface area contributed by atoms with Crippen LogP contribution < -0.4 is 0 Å². The highest BCUT2D eigenvalue weighted by Crippen LogP contribution is 2.21.